The molecule has 0 aromatic heterocycles. The van der Waals surface area contributed by atoms with Crippen LogP contribution in [0.2, 0.25) is 0 Å². The highest BCUT2D eigenvalue weighted by atomic mass is 19.1. The predicted octanol–water partition coefficient (Wildman–Crippen LogP) is 3.00. The summed E-state index contributed by atoms with van der Waals surface area (Å²) in [5.74, 6) is 0.289. The fraction of sp³-hybridized carbons (Fsp3) is 0.538. The van der Waals surface area contributed by atoms with Gasteiger partial charge in [-0.05, 0) is 36.1 Å². The van der Waals surface area contributed by atoms with E-state index < -0.39 is 6.10 Å². The highest BCUT2D eigenvalue weighted by molar-refractivity contribution is 5.22. The lowest BCUT2D eigenvalue weighted by atomic mass is 9.89. The number of aliphatic hydroxyl groups is 1. The zero-order valence-electron chi connectivity index (χ0n) is 10.0. The van der Waals surface area contributed by atoms with Crippen molar-refractivity contribution in [2.75, 3.05) is 6.61 Å². The van der Waals surface area contributed by atoms with Crippen molar-refractivity contribution in [3.8, 4) is 5.75 Å². The first kappa shape index (κ1) is 13.0. The van der Waals surface area contributed by atoms with Gasteiger partial charge in [0, 0.05) is 0 Å². The highest BCUT2D eigenvalue weighted by Gasteiger charge is 2.16. The average Bonchev–Trinajstić information content (AvgIpc) is 2.14. The summed E-state index contributed by atoms with van der Waals surface area (Å²) >= 11 is 0. The van der Waals surface area contributed by atoms with Crippen LogP contribution >= 0.6 is 0 Å². The molecule has 90 valence electrons. The maximum atomic E-state index is 12.6. The van der Waals surface area contributed by atoms with Gasteiger partial charge in [-0.1, -0.05) is 20.8 Å². The van der Waals surface area contributed by atoms with Crippen LogP contribution in [0.15, 0.2) is 24.3 Å². The first-order chi connectivity index (χ1) is 7.37. The van der Waals surface area contributed by atoms with Crippen molar-refractivity contribution in [2.24, 2.45) is 5.41 Å². The Hall–Kier alpha value is -1.09. The van der Waals surface area contributed by atoms with Gasteiger partial charge < -0.3 is 9.84 Å². The number of rotatable bonds is 4. The molecule has 1 N–H and O–H groups in total. The van der Waals surface area contributed by atoms with Crippen LogP contribution in [0, 0.1) is 11.2 Å². The van der Waals surface area contributed by atoms with Gasteiger partial charge in [0.05, 0.1) is 6.10 Å². The SMILES string of the molecule is CC(C)(C)CC(O)COc1ccc(F)cc1. The summed E-state index contributed by atoms with van der Waals surface area (Å²) in [6.07, 6.45) is 0.179. The number of benzene rings is 1. The van der Waals surface area contributed by atoms with Crippen LogP contribution in [0.25, 0.3) is 0 Å². The molecule has 1 rings (SSSR count). The second-order valence-electron chi connectivity index (χ2n) is 5.18. The zero-order valence-corrected chi connectivity index (χ0v) is 10.0. The fourth-order valence-electron chi connectivity index (χ4n) is 1.49. The number of halogens is 1. The van der Waals surface area contributed by atoms with Crippen molar-refractivity contribution in [2.45, 2.75) is 33.3 Å². The van der Waals surface area contributed by atoms with Crippen molar-refractivity contribution in [3.63, 3.8) is 0 Å². The lowest BCUT2D eigenvalue weighted by molar-refractivity contribution is 0.0710. The lowest BCUT2D eigenvalue weighted by Crippen LogP contribution is -2.23. The third-order valence-corrected chi connectivity index (χ3v) is 2.10. The largest absolute Gasteiger partial charge is 0.491 e. The molecular weight excluding hydrogens is 207 g/mol. The third kappa shape index (κ3) is 5.12. The molecule has 1 atom stereocenters. The van der Waals surface area contributed by atoms with Crippen LogP contribution in [-0.4, -0.2) is 17.8 Å². The van der Waals surface area contributed by atoms with Crippen LogP contribution in [0.4, 0.5) is 4.39 Å². The minimum atomic E-state index is -0.495. The summed E-state index contributed by atoms with van der Waals surface area (Å²) < 4.78 is 18.0. The molecule has 0 spiro atoms. The molecule has 1 aromatic carbocycles. The molecule has 0 aliphatic carbocycles. The van der Waals surface area contributed by atoms with Crippen molar-refractivity contribution >= 4 is 0 Å². The minimum absolute atomic E-state index is 0.0750. The van der Waals surface area contributed by atoms with E-state index in [1.807, 2.05) is 0 Å². The number of hydrogen-bond donors (Lipinski definition) is 1. The van der Waals surface area contributed by atoms with Crippen molar-refractivity contribution in [1.29, 1.82) is 0 Å². The van der Waals surface area contributed by atoms with Gasteiger partial charge in [0.15, 0.2) is 0 Å². The van der Waals surface area contributed by atoms with E-state index in [9.17, 15) is 9.50 Å². The first-order valence-electron chi connectivity index (χ1n) is 5.43. The van der Waals surface area contributed by atoms with Crippen molar-refractivity contribution in [3.05, 3.63) is 30.1 Å². The van der Waals surface area contributed by atoms with Crippen LogP contribution in [-0.2, 0) is 0 Å². The van der Waals surface area contributed by atoms with E-state index in [0.717, 1.165) is 0 Å². The van der Waals surface area contributed by atoms with E-state index >= 15 is 0 Å². The third-order valence-electron chi connectivity index (χ3n) is 2.10. The average molecular weight is 226 g/mol. The van der Waals surface area contributed by atoms with Crippen molar-refractivity contribution < 1.29 is 14.2 Å². The van der Waals surface area contributed by atoms with E-state index in [2.05, 4.69) is 20.8 Å². The molecule has 16 heavy (non-hydrogen) atoms. The Morgan fingerprint density at radius 3 is 2.31 bits per heavy atom. The topological polar surface area (TPSA) is 29.5 Å². The van der Waals surface area contributed by atoms with E-state index in [0.29, 0.717) is 12.2 Å². The first-order valence-corrected chi connectivity index (χ1v) is 5.43. The smallest absolute Gasteiger partial charge is 0.123 e. The molecule has 0 bridgehead atoms. The molecule has 2 nitrogen and oxygen atoms in total. The molecule has 0 radical (unpaired) electrons. The van der Waals surface area contributed by atoms with Gasteiger partial charge in [-0.2, -0.15) is 0 Å². The Kier molecular flexibility index (Phi) is 4.30. The van der Waals surface area contributed by atoms with Crippen molar-refractivity contribution in [1.82, 2.24) is 0 Å². The van der Waals surface area contributed by atoms with Gasteiger partial charge >= 0.3 is 0 Å². The van der Waals surface area contributed by atoms with Crippen LogP contribution in [0.1, 0.15) is 27.2 Å². The number of aliphatic hydroxyl groups excluding tert-OH is 1. The van der Waals surface area contributed by atoms with Crippen LogP contribution in [0.5, 0.6) is 5.75 Å². The molecule has 1 unspecified atom stereocenters. The number of ether oxygens (including phenoxy) is 1. The Morgan fingerprint density at radius 1 is 1.25 bits per heavy atom. The van der Waals surface area contributed by atoms with Gasteiger partial charge in [-0.15, -0.1) is 0 Å². The summed E-state index contributed by atoms with van der Waals surface area (Å²) in [4.78, 5) is 0. The summed E-state index contributed by atoms with van der Waals surface area (Å²) in [6, 6.07) is 5.79. The fourth-order valence-corrected chi connectivity index (χ4v) is 1.49. The summed E-state index contributed by atoms with van der Waals surface area (Å²) in [5.41, 5.74) is 0.0750. The molecule has 0 saturated heterocycles. The number of hydrogen-bond acceptors (Lipinski definition) is 2. The molecule has 0 heterocycles. The minimum Gasteiger partial charge on any atom is -0.491 e. The quantitative estimate of drug-likeness (QED) is 0.855. The van der Waals surface area contributed by atoms with Gasteiger partial charge in [0.1, 0.15) is 18.2 Å². The standard InChI is InChI=1S/C13H19FO2/c1-13(2,3)8-11(15)9-16-12-6-4-10(14)5-7-12/h4-7,11,15H,8-9H2,1-3H3. The highest BCUT2D eigenvalue weighted by Crippen LogP contribution is 2.21. The Morgan fingerprint density at radius 2 is 1.81 bits per heavy atom. The van der Waals surface area contributed by atoms with E-state index in [1.165, 1.54) is 12.1 Å². The predicted molar refractivity (Wildman–Crippen MR) is 62.0 cm³/mol. The molecule has 0 aliphatic heterocycles. The second-order valence-corrected chi connectivity index (χ2v) is 5.18. The Labute approximate surface area is 96.1 Å². The monoisotopic (exact) mass is 226 g/mol. The molecule has 0 amide bonds. The van der Waals surface area contributed by atoms with E-state index in [1.54, 1.807) is 12.1 Å². The van der Waals surface area contributed by atoms with Gasteiger partial charge in [-0.25, -0.2) is 4.39 Å². The summed E-state index contributed by atoms with van der Waals surface area (Å²) in [7, 11) is 0. The molecule has 1 aromatic rings. The lowest BCUT2D eigenvalue weighted by Gasteiger charge is -2.22. The van der Waals surface area contributed by atoms with Gasteiger partial charge in [0.25, 0.3) is 0 Å². The molecule has 3 heteroatoms. The normalized spacial score (nSPS) is 13.6. The second kappa shape index (κ2) is 5.30. The van der Waals surface area contributed by atoms with Gasteiger partial charge in [-0.3, -0.25) is 0 Å². The summed E-state index contributed by atoms with van der Waals surface area (Å²) in [6.45, 7) is 6.43. The summed E-state index contributed by atoms with van der Waals surface area (Å²) in [5, 5.41) is 9.70. The maximum Gasteiger partial charge on any atom is 0.123 e. The molecular formula is C13H19FO2. The van der Waals surface area contributed by atoms with E-state index in [-0.39, 0.29) is 17.8 Å². The van der Waals surface area contributed by atoms with Gasteiger partial charge in [0.2, 0.25) is 0 Å². The maximum absolute atomic E-state index is 12.6. The Balaban J connectivity index is 2.37. The van der Waals surface area contributed by atoms with Crippen LogP contribution in [0.3, 0.4) is 0 Å². The molecule has 0 aliphatic rings. The zero-order chi connectivity index (χ0) is 12.2. The van der Waals surface area contributed by atoms with Crippen LogP contribution < -0.4 is 4.74 Å². The molecule has 0 saturated carbocycles. The van der Waals surface area contributed by atoms with E-state index in [4.69, 9.17) is 4.74 Å². The molecule has 0 fully saturated rings. The Bertz CT molecular complexity index is 314.